The van der Waals surface area contributed by atoms with E-state index in [-0.39, 0.29) is 0 Å². The van der Waals surface area contributed by atoms with Crippen molar-refractivity contribution in [1.82, 2.24) is 24.5 Å². The molecule has 31 heavy (non-hydrogen) atoms. The smallest absolute Gasteiger partial charge is 0.135 e. The van der Waals surface area contributed by atoms with E-state index < -0.39 is 5.54 Å². The number of rotatable bonds is 4. The van der Waals surface area contributed by atoms with E-state index in [9.17, 15) is 5.26 Å². The third-order valence-corrected chi connectivity index (χ3v) is 7.13. The quantitative estimate of drug-likeness (QED) is 0.624. The van der Waals surface area contributed by atoms with Gasteiger partial charge >= 0.3 is 0 Å². The van der Waals surface area contributed by atoms with Gasteiger partial charge in [0.05, 0.1) is 53.5 Å². The molecule has 1 atom stereocenters. The molecule has 0 amide bonds. The van der Waals surface area contributed by atoms with E-state index in [1.165, 1.54) is 12.8 Å². The molecule has 3 aromatic rings. The van der Waals surface area contributed by atoms with Gasteiger partial charge in [-0.15, -0.1) is 0 Å². The lowest BCUT2D eigenvalue weighted by Crippen LogP contribution is -2.57. The van der Waals surface area contributed by atoms with Crippen LogP contribution in [0.4, 0.5) is 5.69 Å². The maximum Gasteiger partial charge on any atom is 0.135 e. The number of hydrogen-bond donors (Lipinski definition) is 0. The van der Waals surface area contributed by atoms with E-state index in [1.807, 2.05) is 27.8 Å². The Morgan fingerprint density at radius 3 is 2.68 bits per heavy atom. The Morgan fingerprint density at radius 1 is 1.13 bits per heavy atom. The standard InChI is InChI=1S/C22H24ClN7O/c23-19-9-16-11-26-30(18-12-25-29(13-18)17-1-2-17)20(16)10-21(19)27-4-6-28(7-5-27)22(14-24)3-8-31-15-22/h9-13,17H,1-8,15H2. The van der Waals surface area contributed by atoms with Crippen molar-refractivity contribution in [3.05, 3.63) is 35.7 Å². The summed E-state index contributed by atoms with van der Waals surface area (Å²) in [6, 6.07) is 7.18. The van der Waals surface area contributed by atoms with E-state index in [0.29, 0.717) is 19.3 Å². The highest BCUT2D eigenvalue weighted by Gasteiger charge is 2.42. The van der Waals surface area contributed by atoms with E-state index in [2.05, 4.69) is 38.3 Å². The third-order valence-electron chi connectivity index (χ3n) is 6.82. The highest BCUT2D eigenvalue weighted by Crippen LogP contribution is 2.36. The highest BCUT2D eigenvalue weighted by atomic mass is 35.5. The van der Waals surface area contributed by atoms with Crippen molar-refractivity contribution >= 4 is 28.2 Å². The fraction of sp³-hybridized carbons (Fsp3) is 0.500. The Balaban J connectivity index is 1.27. The van der Waals surface area contributed by atoms with E-state index >= 15 is 0 Å². The van der Waals surface area contributed by atoms with Crippen molar-refractivity contribution in [3.63, 3.8) is 0 Å². The van der Waals surface area contributed by atoms with E-state index in [4.69, 9.17) is 16.3 Å². The molecule has 9 heteroatoms. The number of nitrogens with zero attached hydrogens (tertiary/aromatic N) is 7. The maximum atomic E-state index is 9.75. The van der Waals surface area contributed by atoms with Gasteiger partial charge in [0.2, 0.25) is 0 Å². The lowest BCUT2D eigenvalue weighted by Gasteiger charge is -2.42. The van der Waals surface area contributed by atoms with Gasteiger partial charge in [0.25, 0.3) is 0 Å². The zero-order valence-electron chi connectivity index (χ0n) is 17.2. The van der Waals surface area contributed by atoms with Gasteiger partial charge in [0, 0.05) is 44.6 Å². The Kier molecular flexibility index (Phi) is 4.46. The molecule has 4 heterocycles. The summed E-state index contributed by atoms with van der Waals surface area (Å²) in [4.78, 5) is 4.59. The molecule has 0 bridgehead atoms. The Bertz CT molecular complexity index is 1160. The summed E-state index contributed by atoms with van der Waals surface area (Å²) < 4.78 is 9.52. The zero-order valence-corrected chi connectivity index (χ0v) is 18.0. The van der Waals surface area contributed by atoms with Gasteiger partial charge < -0.3 is 9.64 Å². The average molecular weight is 438 g/mol. The van der Waals surface area contributed by atoms with Crippen LogP contribution in [0.25, 0.3) is 16.6 Å². The molecule has 2 saturated heterocycles. The van der Waals surface area contributed by atoms with Gasteiger partial charge in [-0.3, -0.25) is 9.58 Å². The number of fused-ring (bicyclic) bond motifs is 1. The van der Waals surface area contributed by atoms with Crippen LogP contribution in [0, 0.1) is 11.3 Å². The molecule has 1 aromatic carbocycles. The zero-order chi connectivity index (χ0) is 21.0. The molecule has 3 aliphatic rings. The molecule has 6 rings (SSSR count). The Morgan fingerprint density at radius 2 is 1.97 bits per heavy atom. The van der Waals surface area contributed by atoms with Crippen LogP contribution in [0.15, 0.2) is 30.7 Å². The molecule has 0 spiro atoms. The minimum atomic E-state index is -0.472. The summed E-state index contributed by atoms with van der Waals surface area (Å²) in [5, 5.41) is 20.6. The molecular formula is C22H24ClN7O. The number of ether oxygens (including phenoxy) is 1. The predicted octanol–water partition coefficient (Wildman–Crippen LogP) is 3.01. The van der Waals surface area contributed by atoms with Gasteiger partial charge in [0.15, 0.2) is 0 Å². The minimum absolute atomic E-state index is 0.472. The van der Waals surface area contributed by atoms with Crippen LogP contribution in [0.1, 0.15) is 25.3 Å². The fourth-order valence-electron chi connectivity index (χ4n) is 4.80. The number of nitriles is 1. The average Bonchev–Trinajstić information content (AvgIpc) is 3.18. The van der Waals surface area contributed by atoms with Crippen molar-refractivity contribution in [3.8, 4) is 11.8 Å². The summed E-state index contributed by atoms with van der Waals surface area (Å²) in [5.41, 5.74) is 2.53. The van der Waals surface area contributed by atoms with Crippen LogP contribution in [0.5, 0.6) is 0 Å². The second-order valence-corrected chi connectivity index (χ2v) is 9.16. The molecule has 1 aliphatic carbocycles. The van der Waals surface area contributed by atoms with Gasteiger partial charge in [0.1, 0.15) is 11.2 Å². The SMILES string of the molecule is N#CC1(N2CCN(c3cc4c(cnn4-c4cnn(C5CC5)c4)cc3Cl)CC2)CCOC1. The molecule has 8 nitrogen and oxygen atoms in total. The molecule has 1 saturated carbocycles. The van der Waals surface area contributed by atoms with Crippen molar-refractivity contribution in [2.75, 3.05) is 44.3 Å². The maximum absolute atomic E-state index is 9.75. The Labute approximate surface area is 185 Å². The first kappa shape index (κ1) is 19.1. The van der Waals surface area contributed by atoms with Crippen LogP contribution in [0.2, 0.25) is 5.02 Å². The highest BCUT2D eigenvalue weighted by molar-refractivity contribution is 6.34. The van der Waals surface area contributed by atoms with Gasteiger partial charge in [-0.05, 0) is 25.0 Å². The lowest BCUT2D eigenvalue weighted by molar-refractivity contribution is 0.0992. The second kappa shape index (κ2) is 7.23. The molecule has 160 valence electrons. The Hall–Kier alpha value is -2.60. The first-order valence-corrected chi connectivity index (χ1v) is 11.3. The largest absolute Gasteiger partial charge is 0.378 e. The summed E-state index contributed by atoms with van der Waals surface area (Å²) in [7, 11) is 0. The van der Waals surface area contributed by atoms with Crippen molar-refractivity contribution < 1.29 is 4.74 Å². The number of hydrogen-bond acceptors (Lipinski definition) is 6. The van der Waals surface area contributed by atoms with Crippen LogP contribution < -0.4 is 4.90 Å². The number of piperazine rings is 1. The van der Waals surface area contributed by atoms with Crippen LogP contribution in [-0.2, 0) is 4.74 Å². The summed E-state index contributed by atoms with van der Waals surface area (Å²) in [5.74, 6) is 0. The van der Waals surface area contributed by atoms with Crippen molar-refractivity contribution in [1.29, 1.82) is 5.26 Å². The number of halogens is 1. The molecule has 3 fully saturated rings. The molecule has 1 unspecified atom stereocenters. The first-order chi connectivity index (χ1) is 15.2. The number of anilines is 1. The van der Waals surface area contributed by atoms with Crippen LogP contribution >= 0.6 is 11.6 Å². The van der Waals surface area contributed by atoms with E-state index in [1.54, 1.807) is 0 Å². The first-order valence-electron chi connectivity index (χ1n) is 10.9. The fourth-order valence-corrected chi connectivity index (χ4v) is 5.09. The minimum Gasteiger partial charge on any atom is -0.378 e. The molecule has 0 radical (unpaired) electrons. The van der Waals surface area contributed by atoms with Crippen molar-refractivity contribution in [2.24, 2.45) is 0 Å². The van der Waals surface area contributed by atoms with Crippen LogP contribution in [-0.4, -0.2) is 69.4 Å². The molecule has 2 aliphatic heterocycles. The normalized spacial score (nSPS) is 24.7. The summed E-state index contributed by atoms with van der Waals surface area (Å²) in [6.45, 7) is 4.45. The number of benzene rings is 1. The monoisotopic (exact) mass is 437 g/mol. The van der Waals surface area contributed by atoms with Crippen molar-refractivity contribution in [2.45, 2.75) is 30.8 Å². The second-order valence-electron chi connectivity index (χ2n) is 8.75. The van der Waals surface area contributed by atoms with Gasteiger partial charge in [-0.2, -0.15) is 15.5 Å². The van der Waals surface area contributed by atoms with Gasteiger partial charge in [-0.25, -0.2) is 4.68 Å². The molecule has 2 aromatic heterocycles. The molecular weight excluding hydrogens is 414 g/mol. The van der Waals surface area contributed by atoms with E-state index in [0.717, 1.165) is 59.9 Å². The molecule has 0 N–H and O–H groups in total. The predicted molar refractivity (Wildman–Crippen MR) is 118 cm³/mol. The topological polar surface area (TPSA) is 75.1 Å². The summed E-state index contributed by atoms with van der Waals surface area (Å²) >= 11 is 6.68. The lowest BCUT2D eigenvalue weighted by atomic mass is 9.97. The third kappa shape index (κ3) is 3.19. The van der Waals surface area contributed by atoms with Crippen LogP contribution in [0.3, 0.4) is 0 Å². The number of aromatic nitrogens is 4. The van der Waals surface area contributed by atoms with Gasteiger partial charge in [-0.1, -0.05) is 11.6 Å². The summed E-state index contributed by atoms with van der Waals surface area (Å²) in [6.07, 6.45) is 8.99.